The van der Waals surface area contributed by atoms with Gasteiger partial charge in [-0.3, -0.25) is 9.89 Å². The Kier molecular flexibility index (Phi) is 8.45. The summed E-state index contributed by atoms with van der Waals surface area (Å²) in [5.74, 6) is 0.162. The molecule has 208 valence electrons. The highest BCUT2D eigenvalue weighted by atomic mass is 35.5. The Morgan fingerprint density at radius 1 is 1.23 bits per heavy atom. The SMILES string of the molecule is CC(C)C[C@H](N)C(=O)O[C@@H](C)c1nc(-c2cnn3ccc(N4CCC[C@@H]4c4cc(F)ccc4F)nc23)n[nH]1.Cl. The average Bonchev–Trinajstić information content (AvgIpc) is 3.63. The molecule has 0 spiro atoms. The fourth-order valence-corrected chi connectivity index (χ4v) is 4.81. The van der Waals surface area contributed by atoms with Crippen molar-refractivity contribution in [2.24, 2.45) is 11.7 Å². The summed E-state index contributed by atoms with van der Waals surface area (Å²) < 4.78 is 35.5. The van der Waals surface area contributed by atoms with Crippen LogP contribution in [0.25, 0.3) is 17.0 Å². The smallest absolute Gasteiger partial charge is 0.323 e. The van der Waals surface area contributed by atoms with Gasteiger partial charge < -0.3 is 15.4 Å². The summed E-state index contributed by atoms with van der Waals surface area (Å²) in [5.41, 5.74) is 7.32. The molecule has 0 amide bonds. The fourth-order valence-electron chi connectivity index (χ4n) is 4.81. The lowest BCUT2D eigenvalue weighted by Gasteiger charge is -2.26. The van der Waals surface area contributed by atoms with Gasteiger partial charge in [-0.2, -0.15) is 10.2 Å². The normalized spacial score (nSPS) is 16.9. The second kappa shape index (κ2) is 11.6. The van der Waals surface area contributed by atoms with Crippen molar-refractivity contribution in [3.05, 3.63) is 59.7 Å². The van der Waals surface area contributed by atoms with Gasteiger partial charge in [0, 0.05) is 18.3 Å². The molecule has 13 heteroatoms. The third-order valence-corrected chi connectivity index (χ3v) is 6.67. The number of aromatic amines is 1. The van der Waals surface area contributed by atoms with Crippen LogP contribution in [0, 0.1) is 17.6 Å². The van der Waals surface area contributed by atoms with E-state index >= 15 is 0 Å². The summed E-state index contributed by atoms with van der Waals surface area (Å²) in [6.07, 6.45) is 4.70. The predicted octanol–water partition coefficient (Wildman–Crippen LogP) is 4.53. The Morgan fingerprint density at radius 3 is 2.79 bits per heavy atom. The zero-order valence-electron chi connectivity index (χ0n) is 21.8. The number of carbonyl (C=O) groups is 1. The van der Waals surface area contributed by atoms with Gasteiger partial charge in [0.15, 0.2) is 23.4 Å². The molecule has 1 saturated heterocycles. The number of ether oxygens (including phenoxy) is 1. The number of hydrogen-bond acceptors (Lipinski definition) is 8. The van der Waals surface area contributed by atoms with Gasteiger partial charge in [0.1, 0.15) is 23.5 Å². The number of esters is 1. The number of halogens is 3. The molecule has 39 heavy (non-hydrogen) atoms. The summed E-state index contributed by atoms with van der Waals surface area (Å²) in [5, 5.41) is 11.5. The third kappa shape index (κ3) is 5.86. The van der Waals surface area contributed by atoms with Crippen molar-refractivity contribution in [3.8, 4) is 11.4 Å². The molecule has 1 aliphatic heterocycles. The number of hydrogen-bond donors (Lipinski definition) is 2. The highest BCUT2D eigenvalue weighted by molar-refractivity contribution is 5.85. The van der Waals surface area contributed by atoms with Crippen molar-refractivity contribution >= 4 is 29.8 Å². The molecule has 4 heterocycles. The topological polar surface area (TPSA) is 127 Å². The van der Waals surface area contributed by atoms with Crippen LogP contribution < -0.4 is 10.6 Å². The summed E-state index contributed by atoms with van der Waals surface area (Å²) in [6, 6.07) is 4.28. The first kappa shape index (κ1) is 28.4. The lowest BCUT2D eigenvalue weighted by atomic mass is 10.0. The number of aromatic nitrogens is 6. The van der Waals surface area contributed by atoms with Crippen molar-refractivity contribution in [1.29, 1.82) is 0 Å². The minimum atomic E-state index is -0.711. The van der Waals surface area contributed by atoms with Gasteiger partial charge >= 0.3 is 5.97 Å². The van der Waals surface area contributed by atoms with Crippen LogP contribution >= 0.6 is 12.4 Å². The van der Waals surface area contributed by atoms with E-state index in [2.05, 4.69) is 20.3 Å². The number of rotatable bonds is 8. The lowest BCUT2D eigenvalue weighted by Crippen LogP contribution is -2.34. The molecule has 0 aliphatic carbocycles. The van der Waals surface area contributed by atoms with E-state index in [0.717, 1.165) is 18.6 Å². The van der Waals surface area contributed by atoms with E-state index in [9.17, 15) is 13.6 Å². The Hall–Kier alpha value is -3.64. The summed E-state index contributed by atoms with van der Waals surface area (Å²) >= 11 is 0. The van der Waals surface area contributed by atoms with Crippen LogP contribution in [0.15, 0.2) is 36.7 Å². The summed E-state index contributed by atoms with van der Waals surface area (Å²) in [7, 11) is 0. The maximum absolute atomic E-state index is 14.6. The molecule has 5 rings (SSSR count). The van der Waals surface area contributed by atoms with Crippen LogP contribution in [-0.4, -0.2) is 48.3 Å². The third-order valence-electron chi connectivity index (χ3n) is 6.67. The predicted molar refractivity (Wildman–Crippen MR) is 143 cm³/mol. The molecular weight excluding hydrogens is 530 g/mol. The van der Waals surface area contributed by atoms with E-state index in [1.807, 2.05) is 18.7 Å². The zero-order chi connectivity index (χ0) is 27.0. The van der Waals surface area contributed by atoms with Gasteiger partial charge in [0.05, 0.1) is 17.8 Å². The lowest BCUT2D eigenvalue weighted by molar-refractivity contribution is -0.151. The van der Waals surface area contributed by atoms with Crippen molar-refractivity contribution in [2.75, 3.05) is 11.4 Å². The first-order valence-electron chi connectivity index (χ1n) is 12.7. The van der Waals surface area contributed by atoms with Crippen molar-refractivity contribution < 1.29 is 18.3 Å². The van der Waals surface area contributed by atoms with Gasteiger partial charge in [-0.1, -0.05) is 13.8 Å². The number of anilines is 1. The van der Waals surface area contributed by atoms with E-state index in [1.165, 1.54) is 6.07 Å². The van der Waals surface area contributed by atoms with Crippen LogP contribution in [0.4, 0.5) is 14.6 Å². The molecule has 3 aromatic heterocycles. The summed E-state index contributed by atoms with van der Waals surface area (Å²) in [4.78, 5) is 23.6. The van der Waals surface area contributed by atoms with E-state index in [1.54, 1.807) is 29.9 Å². The number of nitrogens with two attached hydrogens (primary N) is 1. The Morgan fingerprint density at radius 2 is 2.03 bits per heavy atom. The van der Waals surface area contributed by atoms with E-state index in [4.69, 9.17) is 15.5 Å². The van der Waals surface area contributed by atoms with Crippen LogP contribution in [0.1, 0.15) is 63.6 Å². The minimum Gasteiger partial charge on any atom is -0.453 e. The molecule has 1 aliphatic rings. The first-order valence-corrected chi connectivity index (χ1v) is 12.7. The van der Waals surface area contributed by atoms with Crippen LogP contribution in [-0.2, 0) is 9.53 Å². The average molecular weight is 561 g/mol. The molecule has 0 unspecified atom stereocenters. The zero-order valence-corrected chi connectivity index (χ0v) is 22.7. The molecule has 0 bridgehead atoms. The molecule has 0 radical (unpaired) electrons. The van der Waals surface area contributed by atoms with Gasteiger partial charge in [0.2, 0.25) is 0 Å². The quantitative estimate of drug-likeness (QED) is 0.301. The number of H-pyrrole nitrogens is 1. The number of nitrogens with zero attached hydrogens (tertiary/aromatic N) is 6. The maximum Gasteiger partial charge on any atom is 0.323 e. The molecule has 3 atom stereocenters. The van der Waals surface area contributed by atoms with Crippen LogP contribution in [0.5, 0.6) is 0 Å². The molecule has 4 aromatic rings. The molecule has 0 saturated carbocycles. The highest BCUT2D eigenvalue weighted by Crippen LogP contribution is 2.37. The van der Waals surface area contributed by atoms with E-state index in [0.29, 0.717) is 53.6 Å². The monoisotopic (exact) mass is 560 g/mol. The van der Waals surface area contributed by atoms with Gasteiger partial charge in [0.25, 0.3) is 0 Å². The number of benzene rings is 1. The Balaban J connectivity index is 0.00000353. The minimum absolute atomic E-state index is 0. The van der Waals surface area contributed by atoms with Crippen molar-refractivity contribution in [3.63, 3.8) is 0 Å². The van der Waals surface area contributed by atoms with Gasteiger partial charge in [-0.05, 0) is 56.4 Å². The Bertz CT molecular complexity index is 1460. The van der Waals surface area contributed by atoms with Gasteiger partial charge in [-0.25, -0.2) is 23.3 Å². The molecular formula is C26H31ClF2N8O2. The van der Waals surface area contributed by atoms with Gasteiger partial charge in [-0.15, -0.1) is 12.4 Å². The molecule has 3 N–H and O–H groups in total. The van der Waals surface area contributed by atoms with E-state index in [-0.39, 0.29) is 24.4 Å². The number of carbonyl (C=O) groups excluding carboxylic acids is 1. The highest BCUT2D eigenvalue weighted by Gasteiger charge is 2.30. The van der Waals surface area contributed by atoms with Crippen molar-refractivity contribution in [2.45, 2.75) is 58.2 Å². The molecule has 1 aromatic carbocycles. The number of nitrogens with one attached hydrogen (secondary N) is 1. The van der Waals surface area contributed by atoms with E-state index < -0.39 is 29.7 Å². The standard InChI is InChI=1S/C26H30F2N8O2.ClH/c1-14(2)11-20(29)26(37)38-15(3)23-32-24(34-33-23)18-13-30-36-10-8-22(31-25(18)36)35-9-4-5-21(35)17-12-16(27)6-7-19(17)28;/h6-8,10,12-15,20-21H,4-5,9,11,29H2,1-3H3,(H,32,33,34);1H/t15-,20-,21+;/m0./s1. The van der Waals surface area contributed by atoms with Crippen molar-refractivity contribution in [1.82, 2.24) is 29.8 Å². The second-order valence-corrected chi connectivity index (χ2v) is 9.99. The fraction of sp³-hybridized carbons (Fsp3) is 0.423. The molecule has 10 nitrogen and oxygen atoms in total. The number of fused-ring (bicyclic) bond motifs is 1. The van der Waals surface area contributed by atoms with Crippen LogP contribution in [0.3, 0.4) is 0 Å². The largest absolute Gasteiger partial charge is 0.453 e. The first-order chi connectivity index (χ1) is 18.2. The maximum atomic E-state index is 14.6. The van der Waals surface area contributed by atoms with Crippen LogP contribution in [0.2, 0.25) is 0 Å². The Labute approximate surface area is 230 Å². The summed E-state index contributed by atoms with van der Waals surface area (Å²) in [6.45, 7) is 6.31. The second-order valence-electron chi connectivity index (χ2n) is 9.99. The molecule has 1 fully saturated rings.